The highest BCUT2D eigenvalue weighted by Crippen LogP contribution is 2.23. The van der Waals surface area contributed by atoms with E-state index in [0.29, 0.717) is 0 Å². The Morgan fingerprint density at radius 1 is 1.00 bits per heavy atom. The van der Waals surface area contributed by atoms with Crippen LogP contribution in [-0.4, -0.2) is 33.2 Å². The molecule has 2 aromatic carbocycles. The molecule has 0 spiro atoms. The number of hydrogen-bond acceptors (Lipinski definition) is 4. The lowest BCUT2D eigenvalue weighted by atomic mass is 10.1. The number of carbonyl (C=O) groups excluding carboxylic acids is 1. The van der Waals surface area contributed by atoms with Crippen molar-refractivity contribution in [2.24, 2.45) is 0 Å². The Hall–Kier alpha value is -2.34. The van der Waals surface area contributed by atoms with Gasteiger partial charge in [0.1, 0.15) is 0 Å². The second-order valence-electron chi connectivity index (χ2n) is 7.05. The van der Waals surface area contributed by atoms with Gasteiger partial charge in [0.2, 0.25) is 5.91 Å². The van der Waals surface area contributed by atoms with Gasteiger partial charge < -0.3 is 10.2 Å². The summed E-state index contributed by atoms with van der Waals surface area (Å²) >= 11 is 0. The summed E-state index contributed by atoms with van der Waals surface area (Å²) in [6, 6.07) is 13.3. The van der Waals surface area contributed by atoms with Crippen LogP contribution >= 0.6 is 0 Å². The van der Waals surface area contributed by atoms with Gasteiger partial charge in [-0.25, -0.2) is 8.42 Å². The Labute approximate surface area is 168 Å². The summed E-state index contributed by atoms with van der Waals surface area (Å²) in [6.45, 7) is 9.94. The number of nitrogens with zero attached hydrogens (tertiary/aromatic N) is 1. The van der Waals surface area contributed by atoms with Crippen LogP contribution < -0.4 is 10.2 Å². The zero-order valence-electron chi connectivity index (χ0n) is 17.2. The summed E-state index contributed by atoms with van der Waals surface area (Å²) in [5.74, 6) is -0.493. The third kappa shape index (κ3) is 6.37. The number of benzene rings is 2. The van der Waals surface area contributed by atoms with E-state index in [0.717, 1.165) is 41.2 Å². The summed E-state index contributed by atoms with van der Waals surface area (Å²) in [5, 5.41) is 2.83. The van der Waals surface area contributed by atoms with Crippen molar-refractivity contribution in [3.05, 3.63) is 59.2 Å². The molecule has 0 aliphatic carbocycles. The van der Waals surface area contributed by atoms with Crippen LogP contribution in [0.25, 0.3) is 0 Å². The summed E-state index contributed by atoms with van der Waals surface area (Å²) in [4.78, 5) is 14.5. The van der Waals surface area contributed by atoms with Crippen LogP contribution in [0.5, 0.6) is 0 Å². The van der Waals surface area contributed by atoms with Gasteiger partial charge in [0.15, 0.2) is 9.84 Å². The summed E-state index contributed by atoms with van der Waals surface area (Å²) < 4.78 is 24.6. The average Bonchev–Trinajstić information content (AvgIpc) is 2.65. The van der Waals surface area contributed by atoms with Crippen LogP contribution in [0.2, 0.25) is 0 Å². The van der Waals surface area contributed by atoms with Crippen LogP contribution in [0.3, 0.4) is 0 Å². The summed E-state index contributed by atoms with van der Waals surface area (Å²) in [7, 11) is -3.34. The van der Waals surface area contributed by atoms with Gasteiger partial charge in [0, 0.05) is 30.9 Å². The minimum absolute atomic E-state index is 0.0435. The van der Waals surface area contributed by atoms with Crippen LogP contribution in [0.4, 0.5) is 11.4 Å². The Morgan fingerprint density at radius 3 is 2.21 bits per heavy atom. The third-order valence-corrected chi connectivity index (χ3v) is 6.36. The zero-order valence-corrected chi connectivity index (χ0v) is 18.0. The molecule has 0 aliphatic heterocycles. The fraction of sp³-hybridized carbons (Fsp3) is 0.409. The predicted octanol–water partition coefficient (Wildman–Crippen LogP) is 4.09. The van der Waals surface area contributed by atoms with Gasteiger partial charge in [-0.2, -0.15) is 0 Å². The molecule has 0 saturated carbocycles. The van der Waals surface area contributed by atoms with Gasteiger partial charge >= 0.3 is 0 Å². The van der Waals surface area contributed by atoms with Crippen LogP contribution in [0.1, 0.15) is 37.0 Å². The van der Waals surface area contributed by atoms with Gasteiger partial charge in [-0.15, -0.1) is 0 Å². The number of aryl methyl sites for hydroxylation is 2. The van der Waals surface area contributed by atoms with E-state index in [9.17, 15) is 13.2 Å². The molecule has 0 bridgehead atoms. The lowest BCUT2D eigenvalue weighted by molar-refractivity contribution is -0.115. The Bertz CT molecular complexity index is 902. The molecule has 5 nitrogen and oxygen atoms in total. The van der Waals surface area contributed by atoms with E-state index in [1.165, 1.54) is 0 Å². The van der Waals surface area contributed by atoms with Crippen molar-refractivity contribution < 1.29 is 13.2 Å². The van der Waals surface area contributed by atoms with E-state index in [1.807, 2.05) is 56.3 Å². The minimum Gasteiger partial charge on any atom is -0.372 e. The van der Waals surface area contributed by atoms with E-state index < -0.39 is 9.84 Å². The number of rotatable bonds is 9. The maximum Gasteiger partial charge on any atom is 0.225 e. The largest absolute Gasteiger partial charge is 0.372 e. The maximum absolute atomic E-state index is 12.3. The number of hydrogen-bond donors (Lipinski definition) is 1. The van der Waals surface area contributed by atoms with Crippen LogP contribution in [0.15, 0.2) is 42.5 Å². The molecule has 0 radical (unpaired) electrons. The highest BCUT2D eigenvalue weighted by molar-refractivity contribution is 7.90. The van der Waals surface area contributed by atoms with Crippen molar-refractivity contribution in [2.45, 2.75) is 39.9 Å². The fourth-order valence-corrected chi connectivity index (χ4v) is 4.39. The van der Waals surface area contributed by atoms with Crippen molar-refractivity contribution >= 4 is 27.1 Å². The molecule has 6 heteroatoms. The normalized spacial score (nSPS) is 11.3. The molecule has 0 heterocycles. The molecule has 2 rings (SSSR count). The second kappa shape index (κ2) is 9.73. The van der Waals surface area contributed by atoms with E-state index in [1.54, 1.807) is 0 Å². The minimum atomic E-state index is -3.34. The van der Waals surface area contributed by atoms with Gasteiger partial charge in [-0.3, -0.25) is 4.79 Å². The molecule has 0 unspecified atom stereocenters. The van der Waals surface area contributed by atoms with E-state index in [-0.39, 0.29) is 23.8 Å². The molecule has 1 N–H and O–H groups in total. The third-order valence-electron chi connectivity index (χ3n) is 4.76. The van der Waals surface area contributed by atoms with Crippen molar-refractivity contribution in [1.82, 2.24) is 0 Å². The first kappa shape index (κ1) is 22.0. The Balaban J connectivity index is 1.93. The molecule has 1 amide bonds. The van der Waals surface area contributed by atoms with Crippen molar-refractivity contribution in [3.63, 3.8) is 0 Å². The molecule has 0 aliphatic rings. The number of sulfone groups is 1. The van der Waals surface area contributed by atoms with Crippen LogP contribution in [-0.2, 0) is 20.4 Å². The topological polar surface area (TPSA) is 66.5 Å². The van der Waals surface area contributed by atoms with Crippen molar-refractivity contribution in [3.8, 4) is 0 Å². The number of carbonyl (C=O) groups is 1. The predicted molar refractivity (Wildman–Crippen MR) is 117 cm³/mol. The zero-order chi connectivity index (χ0) is 20.7. The van der Waals surface area contributed by atoms with Crippen molar-refractivity contribution in [2.75, 3.05) is 29.1 Å². The SMILES string of the molecule is CCN(CC)c1ccc(NC(=O)CCS(=O)(=O)Cc2ccc(C)cc2)c(C)c1. The Morgan fingerprint density at radius 2 is 1.64 bits per heavy atom. The molecule has 28 heavy (non-hydrogen) atoms. The average molecular weight is 403 g/mol. The quantitative estimate of drug-likeness (QED) is 0.686. The number of amides is 1. The Kier molecular flexibility index (Phi) is 7.63. The molecular formula is C22H30N2O3S. The van der Waals surface area contributed by atoms with E-state index in [2.05, 4.69) is 24.1 Å². The monoisotopic (exact) mass is 402 g/mol. The molecule has 2 aromatic rings. The second-order valence-corrected chi connectivity index (χ2v) is 9.23. The van der Waals surface area contributed by atoms with E-state index >= 15 is 0 Å². The molecule has 152 valence electrons. The van der Waals surface area contributed by atoms with Crippen LogP contribution in [0, 0.1) is 13.8 Å². The maximum atomic E-state index is 12.3. The number of nitrogens with one attached hydrogen (secondary N) is 1. The summed E-state index contributed by atoms with van der Waals surface area (Å²) in [6.07, 6.45) is -0.0502. The van der Waals surface area contributed by atoms with Gasteiger partial charge in [-0.05, 0) is 57.0 Å². The first-order valence-corrected chi connectivity index (χ1v) is 11.5. The van der Waals surface area contributed by atoms with Gasteiger partial charge in [-0.1, -0.05) is 29.8 Å². The molecule has 0 aromatic heterocycles. The lowest BCUT2D eigenvalue weighted by Crippen LogP contribution is -2.22. The highest BCUT2D eigenvalue weighted by atomic mass is 32.2. The molecule has 0 fully saturated rings. The van der Waals surface area contributed by atoms with Gasteiger partial charge in [0.05, 0.1) is 11.5 Å². The van der Waals surface area contributed by atoms with E-state index in [4.69, 9.17) is 0 Å². The first-order chi connectivity index (χ1) is 13.2. The number of anilines is 2. The molecule has 0 atom stereocenters. The highest BCUT2D eigenvalue weighted by Gasteiger charge is 2.15. The molecular weight excluding hydrogens is 372 g/mol. The summed E-state index contributed by atoms with van der Waals surface area (Å²) in [5.41, 5.74) is 4.62. The van der Waals surface area contributed by atoms with Gasteiger partial charge in [0.25, 0.3) is 0 Å². The smallest absolute Gasteiger partial charge is 0.225 e. The van der Waals surface area contributed by atoms with Crippen molar-refractivity contribution in [1.29, 1.82) is 0 Å². The first-order valence-electron chi connectivity index (χ1n) is 9.65. The molecule has 0 saturated heterocycles. The standard InChI is InChI=1S/C22H30N2O3S/c1-5-24(6-2)20-11-12-21(18(4)15-20)23-22(25)13-14-28(26,27)16-19-9-7-17(3)8-10-19/h7-12,15H,5-6,13-14,16H2,1-4H3,(H,23,25). The lowest BCUT2D eigenvalue weighted by Gasteiger charge is -2.22. The fourth-order valence-electron chi connectivity index (χ4n) is 3.04.